The molecule has 0 bridgehead atoms. The molecule has 0 unspecified atom stereocenters. The Morgan fingerprint density at radius 1 is 0.842 bits per heavy atom. The van der Waals surface area contributed by atoms with Crippen molar-refractivity contribution in [3.63, 3.8) is 0 Å². The van der Waals surface area contributed by atoms with Crippen LogP contribution in [0.3, 0.4) is 0 Å². The Bertz CT molecular complexity index is 394. The SMILES string of the molecule is CCc1ccc(C(N)(CC)CC)c(CC)c1CC.Cl. The summed E-state index contributed by atoms with van der Waals surface area (Å²) in [7, 11) is 0. The van der Waals surface area contributed by atoms with Crippen LogP contribution in [0.4, 0.5) is 0 Å². The molecule has 0 fully saturated rings. The van der Waals surface area contributed by atoms with Crippen LogP contribution in [-0.4, -0.2) is 0 Å². The van der Waals surface area contributed by atoms with Crippen molar-refractivity contribution in [2.24, 2.45) is 5.73 Å². The first-order chi connectivity index (χ1) is 8.57. The third kappa shape index (κ3) is 3.52. The molecule has 1 aromatic carbocycles. The minimum atomic E-state index is -0.151. The van der Waals surface area contributed by atoms with Gasteiger partial charge in [-0.1, -0.05) is 46.8 Å². The minimum Gasteiger partial charge on any atom is -0.321 e. The summed E-state index contributed by atoms with van der Waals surface area (Å²) in [6.07, 6.45) is 5.33. The van der Waals surface area contributed by atoms with Crippen LogP contribution in [0.1, 0.15) is 69.7 Å². The highest BCUT2D eigenvalue weighted by atomic mass is 35.5. The lowest BCUT2D eigenvalue weighted by atomic mass is 9.79. The fraction of sp³-hybridized carbons (Fsp3) is 0.647. The first kappa shape index (κ1) is 18.5. The van der Waals surface area contributed by atoms with E-state index in [2.05, 4.69) is 46.8 Å². The molecule has 1 rings (SSSR count). The van der Waals surface area contributed by atoms with Gasteiger partial charge in [-0.05, 0) is 54.4 Å². The van der Waals surface area contributed by atoms with E-state index in [1.54, 1.807) is 0 Å². The first-order valence-electron chi connectivity index (χ1n) is 7.50. The first-order valence-corrected chi connectivity index (χ1v) is 7.50. The molecular formula is C17H30ClN. The van der Waals surface area contributed by atoms with Gasteiger partial charge in [0, 0.05) is 5.54 Å². The van der Waals surface area contributed by atoms with Crippen LogP contribution in [0.15, 0.2) is 12.1 Å². The molecule has 0 amide bonds. The van der Waals surface area contributed by atoms with Gasteiger partial charge in [-0.3, -0.25) is 0 Å². The zero-order valence-electron chi connectivity index (χ0n) is 13.2. The molecule has 0 aliphatic rings. The predicted molar refractivity (Wildman–Crippen MR) is 88.3 cm³/mol. The van der Waals surface area contributed by atoms with Gasteiger partial charge < -0.3 is 5.73 Å². The van der Waals surface area contributed by atoms with Crippen LogP contribution in [0.25, 0.3) is 0 Å². The summed E-state index contributed by atoms with van der Waals surface area (Å²) >= 11 is 0. The number of benzene rings is 1. The Hall–Kier alpha value is -0.530. The van der Waals surface area contributed by atoms with E-state index in [1.165, 1.54) is 22.3 Å². The molecule has 0 heterocycles. The van der Waals surface area contributed by atoms with E-state index in [0.717, 1.165) is 32.1 Å². The Kier molecular flexibility index (Phi) is 7.69. The maximum Gasteiger partial charge on any atom is 0.0407 e. The highest BCUT2D eigenvalue weighted by Crippen LogP contribution is 2.32. The van der Waals surface area contributed by atoms with Crippen molar-refractivity contribution in [2.75, 3.05) is 0 Å². The largest absolute Gasteiger partial charge is 0.321 e. The number of aryl methyl sites for hydroxylation is 1. The average molecular weight is 284 g/mol. The third-order valence-corrected chi connectivity index (χ3v) is 4.41. The summed E-state index contributed by atoms with van der Waals surface area (Å²) in [5.74, 6) is 0. The molecule has 1 nitrogen and oxygen atoms in total. The fourth-order valence-corrected chi connectivity index (χ4v) is 3.01. The quantitative estimate of drug-likeness (QED) is 0.800. The smallest absolute Gasteiger partial charge is 0.0407 e. The minimum absolute atomic E-state index is 0. The van der Waals surface area contributed by atoms with Gasteiger partial charge >= 0.3 is 0 Å². The number of nitrogens with two attached hydrogens (primary N) is 1. The molecule has 0 radical (unpaired) electrons. The number of hydrogen-bond acceptors (Lipinski definition) is 1. The van der Waals surface area contributed by atoms with Crippen molar-refractivity contribution in [3.05, 3.63) is 34.4 Å². The van der Waals surface area contributed by atoms with Crippen molar-refractivity contribution in [1.29, 1.82) is 0 Å². The van der Waals surface area contributed by atoms with Crippen LogP contribution < -0.4 is 5.73 Å². The lowest BCUT2D eigenvalue weighted by Crippen LogP contribution is -2.36. The number of rotatable bonds is 6. The van der Waals surface area contributed by atoms with Crippen molar-refractivity contribution in [2.45, 2.75) is 72.3 Å². The molecule has 0 atom stereocenters. The average Bonchev–Trinajstić information content (AvgIpc) is 2.44. The zero-order valence-corrected chi connectivity index (χ0v) is 14.0. The third-order valence-electron chi connectivity index (χ3n) is 4.41. The van der Waals surface area contributed by atoms with Gasteiger partial charge in [-0.15, -0.1) is 12.4 Å². The second-order valence-electron chi connectivity index (χ2n) is 5.15. The van der Waals surface area contributed by atoms with Crippen molar-refractivity contribution >= 4 is 12.4 Å². The summed E-state index contributed by atoms with van der Waals surface area (Å²) in [6.45, 7) is 11.1. The van der Waals surface area contributed by atoms with E-state index in [4.69, 9.17) is 5.73 Å². The van der Waals surface area contributed by atoms with Gasteiger partial charge in [0.2, 0.25) is 0 Å². The summed E-state index contributed by atoms with van der Waals surface area (Å²) in [6, 6.07) is 4.57. The van der Waals surface area contributed by atoms with Crippen LogP contribution in [0.2, 0.25) is 0 Å². The lowest BCUT2D eigenvalue weighted by molar-refractivity contribution is 0.409. The second kappa shape index (κ2) is 7.91. The molecule has 1 aromatic rings. The Morgan fingerprint density at radius 3 is 1.74 bits per heavy atom. The zero-order chi connectivity index (χ0) is 13.8. The Morgan fingerprint density at radius 2 is 1.37 bits per heavy atom. The molecule has 0 aromatic heterocycles. The Labute approximate surface area is 125 Å². The highest BCUT2D eigenvalue weighted by Gasteiger charge is 2.26. The van der Waals surface area contributed by atoms with Gasteiger partial charge in [0.1, 0.15) is 0 Å². The highest BCUT2D eigenvalue weighted by molar-refractivity contribution is 5.85. The van der Waals surface area contributed by atoms with E-state index in [0.29, 0.717) is 0 Å². The van der Waals surface area contributed by atoms with Gasteiger partial charge in [0.15, 0.2) is 0 Å². The maximum absolute atomic E-state index is 6.61. The molecule has 0 aliphatic carbocycles. The summed E-state index contributed by atoms with van der Waals surface area (Å²) < 4.78 is 0. The van der Waals surface area contributed by atoms with Gasteiger partial charge in [0.05, 0.1) is 0 Å². The van der Waals surface area contributed by atoms with E-state index < -0.39 is 0 Å². The topological polar surface area (TPSA) is 26.0 Å². The molecule has 110 valence electrons. The van der Waals surface area contributed by atoms with Crippen molar-refractivity contribution in [1.82, 2.24) is 0 Å². The lowest BCUT2D eigenvalue weighted by Gasteiger charge is -2.31. The van der Waals surface area contributed by atoms with E-state index in [1.807, 2.05) is 0 Å². The fourth-order valence-electron chi connectivity index (χ4n) is 3.01. The van der Waals surface area contributed by atoms with Gasteiger partial charge in [-0.25, -0.2) is 0 Å². The normalized spacial score (nSPS) is 11.3. The van der Waals surface area contributed by atoms with Gasteiger partial charge in [-0.2, -0.15) is 0 Å². The molecule has 0 aliphatic heterocycles. The van der Waals surface area contributed by atoms with E-state index in [9.17, 15) is 0 Å². The molecule has 2 heteroatoms. The summed E-state index contributed by atoms with van der Waals surface area (Å²) in [5, 5.41) is 0. The summed E-state index contributed by atoms with van der Waals surface area (Å²) in [5.41, 5.74) is 12.4. The molecule has 19 heavy (non-hydrogen) atoms. The predicted octanol–water partition coefficient (Wildman–Crippen LogP) is 4.77. The summed E-state index contributed by atoms with van der Waals surface area (Å²) in [4.78, 5) is 0. The van der Waals surface area contributed by atoms with E-state index >= 15 is 0 Å². The standard InChI is InChI=1S/C17H29N.ClH/c1-6-13-11-12-16(17(18,9-4)10-5)15(8-3)14(13)7-2;/h11-12H,6-10,18H2,1-5H3;1H. The van der Waals surface area contributed by atoms with Crippen LogP contribution in [0.5, 0.6) is 0 Å². The molecule has 0 saturated heterocycles. The van der Waals surface area contributed by atoms with Crippen molar-refractivity contribution < 1.29 is 0 Å². The molecule has 0 spiro atoms. The van der Waals surface area contributed by atoms with Crippen molar-refractivity contribution in [3.8, 4) is 0 Å². The van der Waals surface area contributed by atoms with Crippen LogP contribution >= 0.6 is 12.4 Å². The monoisotopic (exact) mass is 283 g/mol. The van der Waals surface area contributed by atoms with Gasteiger partial charge in [0.25, 0.3) is 0 Å². The molecule has 2 N–H and O–H groups in total. The second-order valence-corrected chi connectivity index (χ2v) is 5.15. The number of hydrogen-bond donors (Lipinski definition) is 1. The molecular weight excluding hydrogens is 254 g/mol. The Balaban J connectivity index is 0.00000324. The maximum atomic E-state index is 6.61. The van der Waals surface area contributed by atoms with E-state index in [-0.39, 0.29) is 17.9 Å². The van der Waals surface area contributed by atoms with Crippen LogP contribution in [0, 0.1) is 0 Å². The van der Waals surface area contributed by atoms with Crippen LogP contribution in [-0.2, 0) is 24.8 Å². The molecule has 0 saturated carbocycles. The number of halogens is 1.